The molecule has 0 saturated carbocycles. The third-order valence-corrected chi connectivity index (χ3v) is 5.12. The van der Waals surface area contributed by atoms with Crippen LogP contribution in [0.4, 0.5) is 5.69 Å². The van der Waals surface area contributed by atoms with Crippen molar-refractivity contribution in [1.29, 1.82) is 0 Å². The maximum absolute atomic E-state index is 12.6. The SMILES string of the molecule is Cc1ncc(C(=O)N2CCC[C@@H]2C(=O)Nc2cc(Cl)cc(Cl)c2)s1. The van der Waals surface area contributed by atoms with Gasteiger partial charge in [-0.15, -0.1) is 11.3 Å². The number of carbonyl (C=O) groups is 2. The van der Waals surface area contributed by atoms with E-state index >= 15 is 0 Å². The summed E-state index contributed by atoms with van der Waals surface area (Å²) >= 11 is 13.2. The van der Waals surface area contributed by atoms with Crippen molar-refractivity contribution >= 4 is 52.0 Å². The highest BCUT2D eigenvalue weighted by Crippen LogP contribution is 2.26. The van der Waals surface area contributed by atoms with Gasteiger partial charge in [-0.05, 0) is 38.0 Å². The van der Waals surface area contributed by atoms with E-state index in [2.05, 4.69) is 10.3 Å². The first kappa shape index (κ1) is 17.2. The number of likely N-dealkylation sites (tertiary alicyclic amines) is 1. The molecule has 1 N–H and O–H groups in total. The van der Waals surface area contributed by atoms with Gasteiger partial charge in [0, 0.05) is 22.3 Å². The van der Waals surface area contributed by atoms with E-state index < -0.39 is 6.04 Å². The fourth-order valence-corrected chi connectivity index (χ4v) is 4.00. The topological polar surface area (TPSA) is 62.3 Å². The van der Waals surface area contributed by atoms with Gasteiger partial charge in [0.15, 0.2) is 0 Å². The lowest BCUT2D eigenvalue weighted by atomic mass is 10.2. The number of hydrogen-bond acceptors (Lipinski definition) is 4. The number of benzene rings is 1. The molecule has 0 aliphatic carbocycles. The van der Waals surface area contributed by atoms with Crippen LogP contribution in [0, 0.1) is 6.92 Å². The third kappa shape index (κ3) is 3.71. The summed E-state index contributed by atoms with van der Waals surface area (Å²) in [6.45, 7) is 2.41. The van der Waals surface area contributed by atoms with E-state index in [4.69, 9.17) is 23.2 Å². The van der Waals surface area contributed by atoms with E-state index in [-0.39, 0.29) is 11.8 Å². The average molecular weight is 384 g/mol. The summed E-state index contributed by atoms with van der Waals surface area (Å²) in [4.78, 5) is 31.5. The number of amides is 2. The summed E-state index contributed by atoms with van der Waals surface area (Å²) < 4.78 is 0. The third-order valence-electron chi connectivity index (χ3n) is 3.78. The van der Waals surface area contributed by atoms with Crippen LogP contribution in [0.15, 0.2) is 24.4 Å². The average Bonchev–Trinajstić information content (AvgIpc) is 3.14. The fraction of sp³-hybridized carbons (Fsp3) is 0.312. The van der Waals surface area contributed by atoms with Gasteiger partial charge >= 0.3 is 0 Å². The van der Waals surface area contributed by atoms with E-state index in [1.165, 1.54) is 11.3 Å². The van der Waals surface area contributed by atoms with Gasteiger partial charge < -0.3 is 10.2 Å². The van der Waals surface area contributed by atoms with Gasteiger partial charge in [0.1, 0.15) is 10.9 Å². The van der Waals surface area contributed by atoms with Crippen molar-refractivity contribution in [2.24, 2.45) is 0 Å². The number of rotatable bonds is 3. The minimum absolute atomic E-state index is 0.151. The molecular weight excluding hydrogens is 369 g/mol. The number of nitrogens with one attached hydrogen (secondary N) is 1. The molecule has 1 saturated heterocycles. The Morgan fingerprint density at radius 1 is 1.29 bits per heavy atom. The Kier molecular flexibility index (Phi) is 5.08. The summed E-state index contributed by atoms with van der Waals surface area (Å²) in [5, 5.41) is 4.50. The van der Waals surface area contributed by atoms with Crippen LogP contribution in [0.3, 0.4) is 0 Å². The number of aromatic nitrogens is 1. The van der Waals surface area contributed by atoms with Crippen molar-refractivity contribution in [3.05, 3.63) is 44.3 Å². The van der Waals surface area contributed by atoms with Crippen LogP contribution in [0.2, 0.25) is 10.0 Å². The summed E-state index contributed by atoms with van der Waals surface area (Å²) in [6, 6.07) is 4.34. The van der Waals surface area contributed by atoms with Crippen LogP contribution in [-0.2, 0) is 4.79 Å². The molecule has 0 spiro atoms. The van der Waals surface area contributed by atoms with Crippen molar-refractivity contribution < 1.29 is 9.59 Å². The molecule has 8 heteroatoms. The van der Waals surface area contributed by atoms with E-state index in [9.17, 15) is 9.59 Å². The van der Waals surface area contributed by atoms with Gasteiger partial charge in [0.05, 0.1) is 11.2 Å². The molecule has 2 amide bonds. The monoisotopic (exact) mass is 383 g/mol. The Balaban J connectivity index is 1.75. The maximum Gasteiger partial charge on any atom is 0.266 e. The molecule has 1 aromatic carbocycles. The normalized spacial score (nSPS) is 17.1. The molecule has 5 nitrogen and oxygen atoms in total. The molecule has 24 heavy (non-hydrogen) atoms. The highest BCUT2D eigenvalue weighted by Gasteiger charge is 2.35. The minimum atomic E-state index is -0.502. The fourth-order valence-electron chi connectivity index (χ4n) is 2.74. The lowest BCUT2D eigenvalue weighted by Gasteiger charge is -2.23. The quantitative estimate of drug-likeness (QED) is 0.870. The molecule has 1 atom stereocenters. The summed E-state index contributed by atoms with van der Waals surface area (Å²) in [6.07, 6.45) is 2.98. The molecule has 0 radical (unpaired) electrons. The lowest BCUT2D eigenvalue weighted by Crippen LogP contribution is -2.42. The molecule has 1 aliphatic heterocycles. The van der Waals surface area contributed by atoms with Crippen LogP contribution >= 0.6 is 34.5 Å². The Morgan fingerprint density at radius 3 is 2.62 bits per heavy atom. The van der Waals surface area contributed by atoms with Gasteiger partial charge in [0.25, 0.3) is 5.91 Å². The predicted octanol–water partition coefficient (Wildman–Crippen LogP) is 4.00. The number of hydrogen-bond donors (Lipinski definition) is 1. The summed E-state index contributed by atoms with van der Waals surface area (Å²) in [5.41, 5.74) is 0.519. The Hall–Kier alpha value is -1.63. The molecule has 1 fully saturated rings. The number of carbonyl (C=O) groups excluding carboxylic acids is 2. The molecule has 2 aromatic rings. The van der Waals surface area contributed by atoms with E-state index in [1.54, 1.807) is 29.3 Å². The van der Waals surface area contributed by atoms with Gasteiger partial charge in [-0.25, -0.2) is 4.98 Å². The van der Waals surface area contributed by atoms with E-state index in [1.807, 2.05) is 6.92 Å². The minimum Gasteiger partial charge on any atom is -0.326 e. The molecule has 3 rings (SSSR count). The Bertz CT molecular complexity index is 773. The second-order valence-corrected chi connectivity index (χ2v) is 7.66. The van der Waals surface area contributed by atoms with Crippen LogP contribution in [-0.4, -0.2) is 34.3 Å². The van der Waals surface area contributed by atoms with E-state index in [0.29, 0.717) is 33.6 Å². The molecule has 2 heterocycles. The number of halogens is 2. The van der Waals surface area contributed by atoms with Crippen LogP contribution in [0.5, 0.6) is 0 Å². The molecular formula is C16H15Cl2N3O2S. The smallest absolute Gasteiger partial charge is 0.266 e. The number of nitrogens with zero attached hydrogens (tertiary/aromatic N) is 2. The standard InChI is InChI=1S/C16H15Cl2N3O2S/c1-9-19-8-14(24-9)16(23)21-4-2-3-13(21)15(22)20-12-6-10(17)5-11(18)7-12/h5-8,13H,2-4H2,1H3,(H,20,22)/t13-/m1/s1. The predicted molar refractivity (Wildman–Crippen MR) is 96.0 cm³/mol. The number of anilines is 1. The van der Waals surface area contributed by atoms with Gasteiger partial charge in [-0.1, -0.05) is 23.2 Å². The first-order chi connectivity index (χ1) is 11.4. The number of thiazole rings is 1. The molecule has 0 unspecified atom stereocenters. The molecule has 1 aromatic heterocycles. The largest absolute Gasteiger partial charge is 0.326 e. The van der Waals surface area contributed by atoms with Crippen molar-refractivity contribution in [3.63, 3.8) is 0 Å². The van der Waals surface area contributed by atoms with Gasteiger partial charge in [-0.2, -0.15) is 0 Å². The van der Waals surface area contributed by atoms with Crippen LogP contribution < -0.4 is 5.32 Å². The highest BCUT2D eigenvalue weighted by atomic mass is 35.5. The Labute approximate surface area is 153 Å². The van der Waals surface area contributed by atoms with Crippen molar-refractivity contribution in [1.82, 2.24) is 9.88 Å². The van der Waals surface area contributed by atoms with Crippen molar-refractivity contribution in [2.45, 2.75) is 25.8 Å². The zero-order valence-electron chi connectivity index (χ0n) is 12.9. The summed E-state index contributed by atoms with van der Waals surface area (Å²) in [7, 11) is 0. The maximum atomic E-state index is 12.6. The second-order valence-electron chi connectivity index (χ2n) is 5.55. The molecule has 126 valence electrons. The summed E-state index contributed by atoms with van der Waals surface area (Å²) in [5.74, 6) is -0.386. The molecule has 0 bridgehead atoms. The zero-order valence-corrected chi connectivity index (χ0v) is 15.2. The van der Waals surface area contributed by atoms with Crippen molar-refractivity contribution in [2.75, 3.05) is 11.9 Å². The highest BCUT2D eigenvalue weighted by molar-refractivity contribution is 7.13. The Morgan fingerprint density at radius 2 is 2.00 bits per heavy atom. The van der Waals surface area contributed by atoms with Crippen molar-refractivity contribution in [3.8, 4) is 0 Å². The van der Waals surface area contributed by atoms with Gasteiger partial charge in [-0.3, -0.25) is 9.59 Å². The molecule has 1 aliphatic rings. The van der Waals surface area contributed by atoms with Crippen LogP contribution in [0.1, 0.15) is 27.5 Å². The first-order valence-electron chi connectivity index (χ1n) is 7.44. The van der Waals surface area contributed by atoms with Gasteiger partial charge in [0.2, 0.25) is 5.91 Å². The van der Waals surface area contributed by atoms with E-state index in [0.717, 1.165) is 11.4 Å². The van der Waals surface area contributed by atoms with Crippen LogP contribution in [0.25, 0.3) is 0 Å². The zero-order chi connectivity index (χ0) is 17.3. The second kappa shape index (κ2) is 7.09. The lowest BCUT2D eigenvalue weighted by molar-refractivity contribution is -0.119. The number of aryl methyl sites for hydroxylation is 1. The first-order valence-corrected chi connectivity index (χ1v) is 9.01.